The summed E-state index contributed by atoms with van der Waals surface area (Å²) in [7, 11) is 1.56. The molecule has 1 amide bonds. The Morgan fingerprint density at radius 3 is 2.61 bits per heavy atom. The maximum atomic E-state index is 12.8. The Kier molecular flexibility index (Phi) is 4.67. The number of anilines is 1. The zero-order valence-corrected chi connectivity index (χ0v) is 16.1. The number of methoxy groups -OCH3 is 1. The predicted molar refractivity (Wildman–Crippen MR) is 105 cm³/mol. The van der Waals surface area contributed by atoms with Gasteiger partial charge in [0.2, 0.25) is 5.91 Å². The summed E-state index contributed by atoms with van der Waals surface area (Å²) >= 11 is 6.00. The van der Waals surface area contributed by atoms with E-state index >= 15 is 0 Å². The van der Waals surface area contributed by atoms with Crippen molar-refractivity contribution in [2.45, 2.75) is 37.2 Å². The molecule has 2 N–H and O–H groups in total. The van der Waals surface area contributed by atoms with E-state index in [1.54, 1.807) is 37.4 Å². The minimum atomic E-state index is -0.996. The van der Waals surface area contributed by atoms with E-state index in [1.165, 1.54) is 6.07 Å². The molecule has 0 radical (unpaired) electrons. The summed E-state index contributed by atoms with van der Waals surface area (Å²) in [6, 6.07) is 10.0. The largest absolute Gasteiger partial charge is 0.493 e. The molecule has 1 heterocycles. The second kappa shape index (κ2) is 7.02. The van der Waals surface area contributed by atoms with Crippen molar-refractivity contribution in [1.29, 1.82) is 0 Å². The Hall–Kier alpha value is -2.73. The molecule has 28 heavy (non-hydrogen) atoms. The van der Waals surface area contributed by atoms with Crippen LogP contribution in [0.25, 0.3) is 0 Å². The second-order valence-corrected chi connectivity index (χ2v) is 7.65. The number of aromatic carboxylic acids is 1. The minimum absolute atomic E-state index is 0.0554. The summed E-state index contributed by atoms with van der Waals surface area (Å²) in [6.07, 6.45) is 2.48. The lowest BCUT2D eigenvalue weighted by atomic mass is 9.69. The van der Waals surface area contributed by atoms with Crippen LogP contribution in [0.2, 0.25) is 5.02 Å². The monoisotopic (exact) mass is 401 g/mol. The number of halogens is 1. The second-order valence-electron chi connectivity index (χ2n) is 7.21. The van der Waals surface area contributed by atoms with Gasteiger partial charge in [-0.3, -0.25) is 4.79 Å². The topological polar surface area (TPSA) is 84.9 Å². The summed E-state index contributed by atoms with van der Waals surface area (Å²) in [6.45, 7) is 0. The van der Waals surface area contributed by atoms with Gasteiger partial charge in [-0.05, 0) is 61.6 Å². The highest BCUT2D eigenvalue weighted by atomic mass is 35.5. The highest BCUT2D eigenvalue weighted by Crippen LogP contribution is 2.48. The number of benzene rings is 2. The molecule has 1 aliphatic heterocycles. The zero-order chi connectivity index (χ0) is 19.9. The first kappa shape index (κ1) is 18.6. The van der Waals surface area contributed by atoms with Crippen molar-refractivity contribution >= 4 is 29.2 Å². The van der Waals surface area contributed by atoms with E-state index in [4.69, 9.17) is 21.1 Å². The van der Waals surface area contributed by atoms with Gasteiger partial charge in [-0.2, -0.15) is 0 Å². The number of carboxylic acids is 1. The summed E-state index contributed by atoms with van der Waals surface area (Å²) in [5, 5.41) is 12.8. The molecule has 7 heteroatoms. The Morgan fingerprint density at radius 1 is 1.18 bits per heavy atom. The van der Waals surface area contributed by atoms with Gasteiger partial charge in [-0.15, -0.1) is 0 Å². The molecule has 2 aliphatic rings. The Balaban J connectivity index is 1.54. The number of carbonyl (C=O) groups excluding carboxylic acids is 1. The third-order valence-electron chi connectivity index (χ3n) is 5.67. The van der Waals surface area contributed by atoms with Crippen LogP contribution in [-0.4, -0.2) is 30.2 Å². The van der Waals surface area contributed by atoms with Gasteiger partial charge in [0, 0.05) is 16.8 Å². The van der Waals surface area contributed by atoms with Crippen molar-refractivity contribution in [3.8, 4) is 11.5 Å². The van der Waals surface area contributed by atoms with E-state index in [1.807, 2.05) is 0 Å². The van der Waals surface area contributed by atoms with Crippen LogP contribution in [-0.2, 0) is 10.2 Å². The SMILES string of the molecule is COc1cc(Cl)ccc1OC1CCC2(CC1)C(=O)Nc1ccc(C(=O)O)cc12. The number of hydrogen-bond donors (Lipinski definition) is 2. The van der Waals surface area contributed by atoms with Crippen LogP contribution in [0.1, 0.15) is 41.6 Å². The van der Waals surface area contributed by atoms with Gasteiger partial charge < -0.3 is 19.9 Å². The Labute approximate surface area is 167 Å². The molecule has 0 saturated heterocycles. The third kappa shape index (κ3) is 3.07. The van der Waals surface area contributed by atoms with Crippen LogP contribution < -0.4 is 14.8 Å². The fourth-order valence-electron chi connectivity index (χ4n) is 4.16. The fourth-order valence-corrected chi connectivity index (χ4v) is 4.33. The van der Waals surface area contributed by atoms with Crippen molar-refractivity contribution < 1.29 is 24.2 Å². The zero-order valence-electron chi connectivity index (χ0n) is 15.3. The third-order valence-corrected chi connectivity index (χ3v) is 5.91. The lowest BCUT2D eigenvalue weighted by Gasteiger charge is -2.36. The van der Waals surface area contributed by atoms with Gasteiger partial charge in [0.15, 0.2) is 11.5 Å². The van der Waals surface area contributed by atoms with Gasteiger partial charge in [0.1, 0.15) is 0 Å². The number of rotatable bonds is 4. The average Bonchev–Trinajstić information content (AvgIpc) is 2.95. The van der Waals surface area contributed by atoms with Gasteiger partial charge >= 0.3 is 5.97 Å². The van der Waals surface area contributed by atoms with Crippen LogP contribution in [0.5, 0.6) is 11.5 Å². The predicted octanol–water partition coefficient (Wildman–Crippen LogP) is 4.26. The van der Waals surface area contributed by atoms with Crippen LogP contribution in [0.4, 0.5) is 5.69 Å². The fraction of sp³-hybridized carbons (Fsp3) is 0.333. The van der Waals surface area contributed by atoms with Gasteiger partial charge in [-0.1, -0.05) is 11.6 Å². The molecular weight excluding hydrogens is 382 g/mol. The maximum absolute atomic E-state index is 12.8. The number of carbonyl (C=O) groups is 2. The van der Waals surface area contributed by atoms with Crippen molar-refractivity contribution in [3.63, 3.8) is 0 Å². The molecule has 1 spiro atoms. The van der Waals surface area contributed by atoms with Crippen LogP contribution in [0, 0.1) is 0 Å². The van der Waals surface area contributed by atoms with E-state index in [0.29, 0.717) is 47.9 Å². The first-order chi connectivity index (χ1) is 13.4. The van der Waals surface area contributed by atoms with E-state index in [-0.39, 0.29) is 17.6 Å². The molecule has 6 nitrogen and oxygen atoms in total. The first-order valence-corrected chi connectivity index (χ1v) is 9.50. The highest BCUT2D eigenvalue weighted by Gasteiger charge is 2.49. The smallest absolute Gasteiger partial charge is 0.335 e. The standard InChI is InChI=1S/C21H20ClNO5/c1-27-18-11-13(22)3-5-17(18)28-14-6-8-21(9-7-14)15-10-12(19(24)25)2-4-16(15)23-20(21)26/h2-5,10-11,14H,6-9H2,1H3,(H,23,26)(H,24,25). The molecule has 4 rings (SSSR count). The molecule has 0 atom stereocenters. The maximum Gasteiger partial charge on any atom is 0.335 e. The quantitative estimate of drug-likeness (QED) is 0.799. The molecule has 1 fully saturated rings. The number of hydrogen-bond acceptors (Lipinski definition) is 4. The van der Waals surface area contributed by atoms with Crippen molar-refractivity contribution in [1.82, 2.24) is 0 Å². The van der Waals surface area contributed by atoms with Crippen molar-refractivity contribution in [2.75, 3.05) is 12.4 Å². The van der Waals surface area contributed by atoms with E-state index in [9.17, 15) is 14.7 Å². The highest BCUT2D eigenvalue weighted by molar-refractivity contribution is 6.30. The normalized spacial score (nSPS) is 23.2. The van der Waals surface area contributed by atoms with Gasteiger partial charge in [0.25, 0.3) is 0 Å². The Morgan fingerprint density at radius 2 is 1.93 bits per heavy atom. The summed E-state index contributed by atoms with van der Waals surface area (Å²) in [4.78, 5) is 24.1. The molecule has 1 aliphatic carbocycles. The van der Waals surface area contributed by atoms with E-state index in [2.05, 4.69) is 5.32 Å². The van der Waals surface area contributed by atoms with Gasteiger partial charge in [0.05, 0.1) is 24.2 Å². The average molecular weight is 402 g/mol. The van der Waals surface area contributed by atoms with Crippen LogP contribution >= 0.6 is 11.6 Å². The van der Waals surface area contributed by atoms with Crippen LogP contribution in [0.15, 0.2) is 36.4 Å². The summed E-state index contributed by atoms with van der Waals surface area (Å²) in [5.41, 5.74) is 0.984. The number of nitrogens with one attached hydrogen (secondary N) is 1. The summed E-state index contributed by atoms with van der Waals surface area (Å²) in [5.74, 6) is 0.136. The first-order valence-electron chi connectivity index (χ1n) is 9.12. The molecule has 0 aromatic heterocycles. The minimum Gasteiger partial charge on any atom is -0.493 e. The molecular formula is C21H20ClNO5. The molecule has 2 aromatic carbocycles. The van der Waals surface area contributed by atoms with E-state index in [0.717, 1.165) is 5.56 Å². The van der Waals surface area contributed by atoms with Crippen molar-refractivity contribution in [3.05, 3.63) is 52.5 Å². The van der Waals surface area contributed by atoms with Crippen molar-refractivity contribution in [2.24, 2.45) is 0 Å². The van der Waals surface area contributed by atoms with Crippen LogP contribution in [0.3, 0.4) is 0 Å². The molecule has 2 aromatic rings. The number of carboxylic acid groups (broad SMARTS) is 1. The number of amides is 1. The summed E-state index contributed by atoms with van der Waals surface area (Å²) < 4.78 is 11.4. The molecule has 1 saturated carbocycles. The number of ether oxygens (including phenoxy) is 2. The Bertz CT molecular complexity index is 950. The molecule has 0 bridgehead atoms. The molecule has 0 unspecified atom stereocenters. The van der Waals surface area contributed by atoms with E-state index < -0.39 is 11.4 Å². The number of fused-ring (bicyclic) bond motifs is 2. The lowest BCUT2D eigenvalue weighted by molar-refractivity contribution is -0.122. The lowest BCUT2D eigenvalue weighted by Crippen LogP contribution is -2.41. The molecule has 146 valence electrons. The van der Waals surface area contributed by atoms with Gasteiger partial charge in [-0.25, -0.2) is 4.79 Å².